The molecule has 6 rings (SSSR count). The van der Waals surface area contributed by atoms with Gasteiger partial charge in [-0.1, -0.05) is 63.6 Å². The number of likely N-dealkylation sites (tertiary alicyclic amines) is 1. The lowest BCUT2D eigenvalue weighted by Gasteiger charge is -2.36. The van der Waals surface area contributed by atoms with Gasteiger partial charge in [0.15, 0.2) is 0 Å². The summed E-state index contributed by atoms with van der Waals surface area (Å²) in [6, 6.07) is 14.5. The van der Waals surface area contributed by atoms with E-state index in [9.17, 15) is 27.6 Å². The summed E-state index contributed by atoms with van der Waals surface area (Å²) in [7, 11) is -2.40. The van der Waals surface area contributed by atoms with E-state index < -0.39 is 74.5 Å². The Morgan fingerprint density at radius 2 is 1.74 bits per heavy atom. The first-order valence-electron chi connectivity index (χ1n) is 19.7. The number of benzene rings is 2. The second kappa shape index (κ2) is 16.2. The zero-order valence-corrected chi connectivity index (χ0v) is 35.1. The van der Waals surface area contributed by atoms with Crippen molar-refractivity contribution in [2.24, 2.45) is 17.3 Å². The molecule has 1 unspecified atom stereocenters. The summed E-state index contributed by atoms with van der Waals surface area (Å²) in [5.41, 5.74) is -1.17. The van der Waals surface area contributed by atoms with E-state index in [1.54, 1.807) is 60.8 Å². The molecule has 0 spiro atoms. The molecular formula is C43H55N5O9S. The number of aromatic nitrogens is 1. The summed E-state index contributed by atoms with van der Waals surface area (Å²) in [5.74, 6) is -1.75. The van der Waals surface area contributed by atoms with E-state index in [-0.39, 0.29) is 31.1 Å². The Labute approximate surface area is 340 Å². The summed E-state index contributed by atoms with van der Waals surface area (Å²) in [6.07, 6.45) is 2.61. The summed E-state index contributed by atoms with van der Waals surface area (Å²) in [6.45, 7) is 14.3. The van der Waals surface area contributed by atoms with Crippen LogP contribution in [0, 0.1) is 17.3 Å². The summed E-state index contributed by atoms with van der Waals surface area (Å²) < 4.78 is 45.9. The monoisotopic (exact) mass is 817 g/mol. The lowest BCUT2D eigenvalue weighted by atomic mass is 9.85. The zero-order chi connectivity index (χ0) is 42.2. The highest BCUT2D eigenvalue weighted by Gasteiger charge is 2.61. The number of alkyl carbamates (subject to hydrolysis) is 1. The van der Waals surface area contributed by atoms with Crippen LogP contribution < -0.4 is 24.8 Å². The van der Waals surface area contributed by atoms with E-state index in [1.165, 1.54) is 11.0 Å². The summed E-state index contributed by atoms with van der Waals surface area (Å²) in [4.78, 5) is 62.3. The van der Waals surface area contributed by atoms with Gasteiger partial charge in [-0.15, -0.1) is 6.58 Å². The second-order valence-electron chi connectivity index (χ2n) is 17.7. The minimum absolute atomic E-state index is 0.0119. The molecule has 3 aliphatic rings. The van der Waals surface area contributed by atoms with Crippen molar-refractivity contribution in [3.05, 3.63) is 67.3 Å². The van der Waals surface area contributed by atoms with E-state index >= 15 is 0 Å². The summed E-state index contributed by atoms with van der Waals surface area (Å²) in [5, 5.41) is 6.24. The van der Waals surface area contributed by atoms with Crippen LogP contribution >= 0.6 is 0 Å². The van der Waals surface area contributed by atoms with Crippen LogP contribution in [0.25, 0.3) is 22.2 Å². The molecule has 4 amide bonds. The number of sulfonamides is 1. The number of pyridine rings is 1. The maximum Gasteiger partial charge on any atom is 0.408 e. The molecule has 14 nitrogen and oxygen atoms in total. The van der Waals surface area contributed by atoms with Gasteiger partial charge in [0, 0.05) is 35.4 Å². The predicted octanol–water partition coefficient (Wildman–Crippen LogP) is 5.51. The highest BCUT2D eigenvalue weighted by atomic mass is 32.2. The normalized spacial score (nSPS) is 22.6. The Morgan fingerprint density at radius 1 is 1.03 bits per heavy atom. The van der Waals surface area contributed by atoms with Crippen LogP contribution in [0.5, 0.6) is 11.5 Å². The van der Waals surface area contributed by atoms with Crippen LogP contribution in [0.15, 0.2) is 67.3 Å². The van der Waals surface area contributed by atoms with Gasteiger partial charge in [0.05, 0.1) is 30.6 Å². The van der Waals surface area contributed by atoms with Crippen molar-refractivity contribution in [2.45, 2.75) is 103 Å². The number of methoxy groups -OCH3 is 1. The van der Waals surface area contributed by atoms with E-state index in [4.69, 9.17) is 19.2 Å². The number of nitrogens with zero attached hydrogens (tertiary/aromatic N) is 2. The fourth-order valence-electron chi connectivity index (χ4n) is 7.53. The Balaban J connectivity index is 1.33. The van der Waals surface area contributed by atoms with Crippen molar-refractivity contribution in [3.8, 4) is 22.8 Å². The van der Waals surface area contributed by atoms with Crippen LogP contribution in [0.2, 0.25) is 0 Å². The van der Waals surface area contributed by atoms with Gasteiger partial charge in [0.1, 0.15) is 40.8 Å². The smallest absolute Gasteiger partial charge is 0.408 e. The molecule has 2 heterocycles. The van der Waals surface area contributed by atoms with Gasteiger partial charge in [-0.2, -0.15) is 0 Å². The van der Waals surface area contributed by atoms with Crippen molar-refractivity contribution >= 4 is 44.7 Å². The quantitative estimate of drug-likeness (QED) is 0.186. The molecule has 58 heavy (non-hydrogen) atoms. The third kappa shape index (κ3) is 9.57. The fourth-order valence-corrected chi connectivity index (χ4v) is 9.03. The van der Waals surface area contributed by atoms with Crippen LogP contribution in [0.4, 0.5) is 4.79 Å². The van der Waals surface area contributed by atoms with Gasteiger partial charge >= 0.3 is 6.09 Å². The molecule has 2 aliphatic carbocycles. The number of carbonyl (C=O) groups is 4. The maximum atomic E-state index is 14.7. The number of ether oxygens (including phenoxy) is 3. The molecule has 2 aromatic carbocycles. The van der Waals surface area contributed by atoms with Gasteiger partial charge in [-0.25, -0.2) is 18.2 Å². The van der Waals surface area contributed by atoms with Crippen molar-refractivity contribution < 1.29 is 41.8 Å². The molecule has 3 N–H and O–H groups in total. The van der Waals surface area contributed by atoms with Gasteiger partial charge in [0.2, 0.25) is 21.8 Å². The predicted molar refractivity (Wildman–Crippen MR) is 219 cm³/mol. The largest absolute Gasteiger partial charge is 0.497 e. The third-order valence-electron chi connectivity index (χ3n) is 10.9. The van der Waals surface area contributed by atoms with Crippen molar-refractivity contribution in [1.29, 1.82) is 0 Å². The number of rotatable bonds is 13. The maximum absolute atomic E-state index is 14.7. The molecule has 1 aliphatic heterocycles. The third-order valence-corrected chi connectivity index (χ3v) is 12.4. The standard InChI is InChI=1S/C43H55N5O9S/c1-9-28-23-43(28,39(51)47-58(53,54)25-26-14-13-15-26)46-37(49)34-21-30(24-48(34)38(50)36(41(2,3)4)45-40(52)57-42(5,6)7)56-35-22-32(27-16-11-10-12-17-27)44-33-20-29(55-8)18-19-31(33)35/h9-12,16-20,22,26,28,30,34,36H,1,13-15,21,23-25H2,2-8H3,(H,45,52)(H,46,49)(H,47,51)/t28?,30-,34+,36-,43-/m1/s1. The van der Waals surface area contributed by atoms with Crippen molar-refractivity contribution in [1.82, 2.24) is 25.2 Å². The molecule has 1 aromatic heterocycles. The minimum Gasteiger partial charge on any atom is -0.497 e. The van der Waals surface area contributed by atoms with Gasteiger partial charge in [-0.05, 0) is 63.5 Å². The molecular weight excluding hydrogens is 763 g/mol. The molecule has 0 radical (unpaired) electrons. The lowest BCUT2D eigenvalue weighted by Crippen LogP contribution is -2.60. The average Bonchev–Trinajstić information content (AvgIpc) is 3.69. The number of amides is 4. The highest BCUT2D eigenvalue weighted by Crippen LogP contribution is 2.45. The van der Waals surface area contributed by atoms with E-state index in [0.29, 0.717) is 28.1 Å². The van der Waals surface area contributed by atoms with Crippen molar-refractivity contribution in [3.63, 3.8) is 0 Å². The minimum atomic E-state index is -3.97. The molecule has 1 saturated heterocycles. The van der Waals surface area contributed by atoms with Gasteiger partial charge < -0.3 is 29.7 Å². The molecule has 3 aromatic rings. The van der Waals surface area contributed by atoms with Crippen LogP contribution in [0.1, 0.15) is 73.6 Å². The first-order valence-corrected chi connectivity index (χ1v) is 21.4. The first kappa shape index (κ1) is 42.4. The average molecular weight is 818 g/mol. The summed E-state index contributed by atoms with van der Waals surface area (Å²) >= 11 is 0. The number of hydrogen-bond donors (Lipinski definition) is 3. The van der Waals surface area contributed by atoms with E-state index in [2.05, 4.69) is 21.9 Å². The van der Waals surface area contributed by atoms with E-state index in [1.807, 2.05) is 42.5 Å². The molecule has 2 saturated carbocycles. The Morgan fingerprint density at radius 3 is 2.33 bits per heavy atom. The fraction of sp³-hybridized carbons (Fsp3) is 0.512. The van der Waals surface area contributed by atoms with Crippen LogP contribution in [-0.2, 0) is 29.1 Å². The Hall–Kier alpha value is -5.18. The van der Waals surface area contributed by atoms with Gasteiger partial charge in [0.25, 0.3) is 5.91 Å². The number of hydrogen-bond acceptors (Lipinski definition) is 10. The lowest BCUT2D eigenvalue weighted by molar-refractivity contribution is -0.143. The molecule has 5 atom stereocenters. The first-order chi connectivity index (χ1) is 27.2. The number of carbonyl (C=O) groups excluding carboxylic acids is 4. The zero-order valence-electron chi connectivity index (χ0n) is 34.3. The molecule has 0 bridgehead atoms. The SMILES string of the molecule is C=CC1C[C@]1(NC(=O)[C@@H]1C[C@@H](Oc2cc(-c3ccccc3)nc3cc(OC)ccc23)CN1C(=O)[C@@H](NC(=O)OC(C)(C)C)C(C)(C)C)C(=O)NS(=O)(=O)CC1CCC1. The van der Waals surface area contributed by atoms with Crippen LogP contribution in [0.3, 0.4) is 0 Å². The molecule has 312 valence electrons. The molecule has 3 fully saturated rings. The second-order valence-corrected chi connectivity index (χ2v) is 19.5. The molecule has 15 heteroatoms. The number of fused-ring (bicyclic) bond motifs is 1. The van der Waals surface area contributed by atoms with Gasteiger partial charge in [-0.3, -0.25) is 19.1 Å². The highest BCUT2D eigenvalue weighted by molar-refractivity contribution is 7.90. The topological polar surface area (TPSA) is 182 Å². The Kier molecular flexibility index (Phi) is 11.9. The van der Waals surface area contributed by atoms with E-state index in [0.717, 1.165) is 24.8 Å². The number of nitrogens with one attached hydrogen (secondary N) is 3. The van der Waals surface area contributed by atoms with Crippen LogP contribution in [-0.4, -0.2) is 90.9 Å². The Bertz CT molecular complexity index is 2180. The van der Waals surface area contributed by atoms with Crippen molar-refractivity contribution in [2.75, 3.05) is 19.4 Å².